The second kappa shape index (κ2) is 5.00. The Morgan fingerprint density at radius 2 is 2.00 bits per heavy atom. The molecule has 0 saturated carbocycles. The molecule has 1 unspecified atom stereocenters. The molecule has 1 radical (unpaired) electrons. The molecule has 71 valence electrons. The summed E-state index contributed by atoms with van der Waals surface area (Å²) in [6.45, 7) is 0.903. The van der Waals surface area contributed by atoms with Crippen molar-refractivity contribution in [2.24, 2.45) is 0 Å². The molecule has 0 aliphatic carbocycles. The van der Waals surface area contributed by atoms with E-state index in [0.29, 0.717) is 0 Å². The van der Waals surface area contributed by atoms with Crippen molar-refractivity contribution in [1.82, 2.24) is 4.90 Å². The Balaban J connectivity index is 2.44. The van der Waals surface area contributed by atoms with Gasteiger partial charge < -0.3 is 10.0 Å². The molecule has 0 saturated heterocycles. The van der Waals surface area contributed by atoms with Gasteiger partial charge in [0.2, 0.25) is 0 Å². The first-order valence-electron chi connectivity index (χ1n) is 4.49. The van der Waals surface area contributed by atoms with Gasteiger partial charge in [0.25, 0.3) is 0 Å². The summed E-state index contributed by atoms with van der Waals surface area (Å²) in [4.78, 5) is 2.07. The van der Waals surface area contributed by atoms with E-state index in [2.05, 4.69) is 11.0 Å². The number of benzene rings is 1. The van der Waals surface area contributed by atoms with Crippen LogP contribution in [0.5, 0.6) is 0 Å². The SMILES string of the molecule is CN(C)CCC(O)c1cc[c]cc1. The van der Waals surface area contributed by atoms with E-state index in [1.54, 1.807) is 0 Å². The smallest absolute Gasteiger partial charge is 0.0802 e. The molecule has 2 nitrogen and oxygen atoms in total. The molecule has 0 amide bonds. The van der Waals surface area contributed by atoms with Crippen LogP contribution in [0.1, 0.15) is 18.1 Å². The maximum absolute atomic E-state index is 9.73. The minimum atomic E-state index is -0.350. The molecule has 0 heterocycles. The Bertz CT molecular complexity index is 233. The van der Waals surface area contributed by atoms with E-state index in [9.17, 15) is 5.11 Å². The lowest BCUT2D eigenvalue weighted by atomic mass is 10.1. The first-order chi connectivity index (χ1) is 6.20. The molecule has 1 atom stereocenters. The zero-order valence-electron chi connectivity index (χ0n) is 8.20. The third kappa shape index (κ3) is 3.57. The first kappa shape index (κ1) is 10.2. The zero-order valence-corrected chi connectivity index (χ0v) is 8.20. The van der Waals surface area contributed by atoms with Gasteiger partial charge in [-0.1, -0.05) is 24.3 Å². The number of hydrogen-bond donors (Lipinski definition) is 1. The van der Waals surface area contributed by atoms with Crippen LogP contribution in [0.3, 0.4) is 0 Å². The fraction of sp³-hybridized carbons (Fsp3) is 0.455. The topological polar surface area (TPSA) is 23.5 Å². The fourth-order valence-electron chi connectivity index (χ4n) is 1.17. The largest absolute Gasteiger partial charge is 0.388 e. The van der Waals surface area contributed by atoms with Crippen LogP contribution >= 0.6 is 0 Å². The molecule has 13 heavy (non-hydrogen) atoms. The van der Waals surface area contributed by atoms with Gasteiger partial charge in [0.05, 0.1) is 6.10 Å². The van der Waals surface area contributed by atoms with E-state index in [4.69, 9.17) is 0 Å². The molecule has 0 aromatic heterocycles. The van der Waals surface area contributed by atoms with Gasteiger partial charge in [-0.3, -0.25) is 0 Å². The summed E-state index contributed by atoms with van der Waals surface area (Å²) in [6, 6.07) is 10.4. The van der Waals surface area contributed by atoms with Crippen LogP contribution in [0.25, 0.3) is 0 Å². The van der Waals surface area contributed by atoms with Crippen molar-refractivity contribution in [3.8, 4) is 0 Å². The summed E-state index contributed by atoms with van der Waals surface area (Å²) in [5.41, 5.74) is 0.973. The average molecular weight is 178 g/mol. The van der Waals surface area contributed by atoms with Gasteiger partial charge in [0.15, 0.2) is 0 Å². The lowest BCUT2D eigenvalue weighted by Crippen LogP contribution is -2.15. The number of nitrogens with zero attached hydrogens (tertiary/aromatic N) is 1. The summed E-state index contributed by atoms with van der Waals surface area (Å²) in [6.07, 6.45) is 0.425. The Labute approximate surface area is 79.8 Å². The first-order valence-corrected chi connectivity index (χ1v) is 4.49. The third-order valence-electron chi connectivity index (χ3n) is 1.98. The van der Waals surface area contributed by atoms with Gasteiger partial charge in [-0.2, -0.15) is 0 Å². The standard InChI is InChI=1S/C11H16NO/c1-12(2)9-8-11(13)10-6-4-3-5-7-10/h4-7,11,13H,8-9H2,1-2H3. The van der Waals surface area contributed by atoms with Gasteiger partial charge >= 0.3 is 0 Å². The summed E-state index contributed by atoms with van der Waals surface area (Å²) in [5, 5.41) is 9.73. The van der Waals surface area contributed by atoms with Crippen molar-refractivity contribution in [2.45, 2.75) is 12.5 Å². The van der Waals surface area contributed by atoms with Gasteiger partial charge in [-0.05, 0) is 32.1 Å². The predicted octanol–water partition coefficient (Wildman–Crippen LogP) is 1.47. The van der Waals surface area contributed by atoms with E-state index in [1.165, 1.54) is 0 Å². The quantitative estimate of drug-likeness (QED) is 0.754. The van der Waals surface area contributed by atoms with Gasteiger partial charge in [-0.25, -0.2) is 0 Å². The van der Waals surface area contributed by atoms with Crippen molar-refractivity contribution >= 4 is 0 Å². The van der Waals surface area contributed by atoms with Crippen LogP contribution in [-0.4, -0.2) is 30.6 Å². The minimum Gasteiger partial charge on any atom is -0.388 e. The van der Waals surface area contributed by atoms with E-state index < -0.39 is 0 Å². The molecule has 1 aromatic carbocycles. The van der Waals surface area contributed by atoms with Crippen LogP contribution in [0.15, 0.2) is 24.3 Å². The molecule has 1 aromatic rings. The maximum atomic E-state index is 9.73. The molecule has 1 N–H and O–H groups in total. The molecule has 0 bridgehead atoms. The third-order valence-corrected chi connectivity index (χ3v) is 1.98. The van der Waals surface area contributed by atoms with E-state index in [0.717, 1.165) is 18.5 Å². The van der Waals surface area contributed by atoms with Gasteiger partial charge in [-0.15, -0.1) is 0 Å². The highest BCUT2D eigenvalue weighted by molar-refractivity contribution is 5.16. The Morgan fingerprint density at radius 1 is 1.38 bits per heavy atom. The highest BCUT2D eigenvalue weighted by Gasteiger charge is 2.06. The second-order valence-electron chi connectivity index (χ2n) is 3.44. The molecule has 0 spiro atoms. The normalized spacial score (nSPS) is 13.2. The second-order valence-corrected chi connectivity index (χ2v) is 3.44. The van der Waals surface area contributed by atoms with Crippen molar-refractivity contribution in [2.75, 3.05) is 20.6 Å². The summed E-state index contributed by atoms with van der Waals surface area (Å²) in [7, 11) is 4.01. The Morgan fingerprint density at radius 3 is 2.54 bits per heavy atom. The van der Waals surface area contributed by atoms with Crippen molar-refractivity contribution in [3.63, 3.8) is 0 Å². The molecule has 0 aliphatic heterocycles. The van der Waals surface area contributed by atoms with Crippen molar-refractivity contribution in [3.05, 3.63) is 35.9 Å². The summed E-state index contributed by atoms with van der Waals surface area (Å²) in [5.74, 6) is 0. The number of aliphatic hydroxyl groups excluding tert-OH is 1. The minimum absolute atomic E-state index is 0.350. The van der Waals surface area contributed by atoms with Crippen LogP contribution in [0, 0.1) is 6.07 Å². The van der Waals surface area contributed by atoms with E-state index in [-0.39, 0.29) is 6.10 Å². The predicted molar refractivity (Wildman–Crippen MR) is 53.4 cm³/mol. The maximum Gasteiger partial charge on any atom is 0.0802 e. The molecule has 0 fully saturated rings. The fourth-order valence-corrected chi connectivity index (χ4v) is 1.17. The van der Waals surface area contributed by atoms with Crippen LogP contribution < -0.4 is 0 Å². The highest BCUT2D eigenvalue weighted by atomic mass is 16.3. The number of rotatable bonds is 4. The molecule has 1 rings (SSSR count). The van der Waals surface area contributed by atoms with Gasteiger partial charge in [0, 0.05) is 6.54 Å². The van der Waals surface area contributed by atoms with Crippen molar-refractivity contribution < 1.29 is 5.11 Å². The van der Waals surface area contributed by atoms with Crippen molar-refractivity contribution in [1.29, 1.82) is 0 Å². The summed E-state index contributed by atoms with van der Waals surface area (Å²) < 4.78 is 0. The van der Waals surface area contributed by atoms with E-state index >= 15 is 0 Å². The Kier molecular flexibility index (Phi) is 3.93. The Hall–Kier alpha value is -0.860. The lowest BCUT2D eigenvalue weighted by Gasteiger charge is -2.14. The molecular formula is C11H16NO. The molecule has 2 heteroatoms. The molecule has 0 aliphatic rings. The van der Waals surface area contributed by atoms with Crippen LogP contribution in [-0.2, 0) is 0 Å². The average Bonchev–Trinajstić information content (AvgIpc) is 2.15. The van der Waals surface area contributed by atoms with Crippen LogP contribution in [0.4, 0.5) is 0 Å². The highest BCUT2D eigenvalue weighted by Crippen LogP contribution is 2.15. The van der Waals surface area contributed by atoms with E-state index in [1.807, 2.05) is 38.4 Å². The summed E-state index contributed by atoms with van der Waals surface area (Å²) >= 11 is 0. The number of hydrogen-bond acceptors (Lipinski definition) is 2. The van der Waals surface area contributed by atoms with Crippen LogP contribution in [0.2, 0.25) is 0 Å². The monoisotopic (exact) mass is 178 g/mol. The molecular weight excluding hydrogens is 162 g/mol. The van der Waals surface area contributed by atoms with Gasteiger partial charge in [0.1, 0.15) is 0 Å². The number of aliphatic hydroxyl groups is 1. The lowest BCUT2D eigenvalue weighted by molar-refractivity contribution is 0.154. The zero-order chi connectivity index (χ0) is 9.68.